The molecule has 3 atom stereocenters. The zero-order valence-corrected chi connectivity index (χ0v) is 20.3. The van der Waals surface area contributed by atoms with Crippen molar-refractivity contribution >= 4 is 44.4 Å². The molecule has 0 radical (unpaired) electrons. The molecule has 3 aromatic rings. The fourth-order valence-corrected chi connectivity index (χ4v) is 6.73. The summed E-state index contributed by atoms with van der Waals surface area (Å²) >= 11 is 4.92. The number of anilines is 1. The van der Waals surface area contributed by atoms with Gasteiger partial charge in [-0.1, -0.05) is 51.7 Å². The van der Waals surface area contributed by atoms with Crippen LogP contribution < -0.4 is 4.90 Å². The quantitative estimate of drug-likeness (QED) is 0.343. The molecular weight excluding hydrogens is 454 g/mol. The highest BCUT2D eigenvalue weighted by Crippen LogP contribution is 2.51. The first-order valence-electron chi connectivity index (χ1n) is 11.5. The van der Waals surface area contributed by atoms with E-state index in [9.17, 15) is 0 Å². The van der Waals surface area contributed by atoms with Gasteiger partial charge in [-0.2, -0.15) is 8.75 Å². The van der Waals surface area contributed by atoms with E-state index >= 15 is 0 Å². The zero-order valence-electron chi connectivity index (χ0n) is 17.9. The van der Waals surface area contributed by atoms with Gasteiger partial charge in [0.15, 0.2) is 0 Å². The molecular formula is C25H30BrN3S. The Morgan fingerprint density at radius 3 is 2.83 bits per heavy atom. The van der Waals surface area contributed by atoms with Gasteiger partial charge in [0.2, 0.25) is 0 Å². The lowest BCUT2D eigenvalue weighted by Crippen LogP contribution is -2.35. The van der Waals surface area contributed by atoms with Crippen molar-refractivity contribution in [1.29, 1.82) is 0 Å². The molecule has 1 aliphatic heterocycles. The highest BCUT2D eigenvalue weighted by atomic mass is 79.9. The van der Waals surface area contributed by atoms with Crippen molar-refractivity contribution in [2.75, 3.05) is 11.4 Å². The van der Waals surface area contributed by atoms with Crippen molar-refractivity contribution in [1.82, 2.24) is 8.75 Å². The van der Waals surface area contributed by atoms with Crippen molar-refractivity contribution < 1.29 is 0 Å². The van der Waals surface area contributed by atoms with Crippen LogP contribution in [0, 0.1) is 5.92 Å². The van der Waals surface area contributed by atoms with Crippen LogP contribution in [0.2, 0.25) is 0 Å². The van der Waals surface area contributed by atoms with Crippen LogP contribution in [-0.2, 0) is 0 Å². The summed E-state index contributed by atoms with van der Waals surface area (Å²) in [6.07, 6.45) is 9.34. The molecule has 0 spiro atoms. The largest absolute Gasteiger partial charge is 0.367 e. The lowest BCUT2D eigenvalue weighted by molar-refractivity contribution is 0.427. The zero-order chi connectivity index (χ0) is 20.7. The summed E-state index contributed by atoms with van der Waals surface area (Å²) in [6, 6.07) is 12.2. The first-order chi connectivity index (χ1) is 14.7. The van der Waals surface area contributed by atoms with E-state index in [0.29, 0.717) is 12.0 Å². The Morgan fingerprint density at radius 2 is 2.00 bits per heavy atom. The van der Waals surface area contributed by atoms with E-state index in [2.05, 4.69) is 73.8 Å². The van der Waals surface area contributed by atoms with Gasteiger partial charge in [-0.05, 0) is 70.4 Å². The summed E-state index contributed by atoms with van der Waals surface area (Å²) in [4.78, 5) is 2.78. The minimum atomic E-state index is 0.697. The molecule has 2 heterocycles. The lowest BCUT2D eigenvalue weighted by Gasteiger charge is -2.31. The number of fused-ring (bicyclic) bond motifs is 4. The molecule has 0 saturated heterocycles. The van der Waals surface area contributed by atoms with Crippen LogP contribution in [-0.4, -0.2) is 21.3 Å². The Labute approximate surface area is 192 Å². The van der Waals surface area contributed by atoms with Gasteiger partial charge in [0.25, 0.3) is 0 Å². The molecule has 30 heavy (non-hydrogen) atoms. The Morgan fingerprint density at radius 1 is 1.13 bits per heavy atom. The molecule has 5 heteroatoms. The van der Waals surface area contributed by atoms with Gasteiger partial charge in [-0.3, -0.25) is 0 Å². The topological polar surface area (TPSA) is 29.0 Å². The molecule has 3 nitrogen and oxygen atoms in total. The third kappa shape index (κ3) is 3.48. The number of aromatic nitrogens is 2. The molecule has 2 aromatic carbocycles. The van der Waals surface area contributed by atoms with Gasteiger partial charge in [0, 0.05) is 34.2 Å². The highest BCUT2D eigenvalue weighted by Gasteiger charge is 2.41. The van der Waals surface area contributed by atoms with Crippen LogP contribution in [0.3, 0.4) is 0 Å². The lowest BCUT2D eigenvalue weighted by atomic mass is 9.93. The van der Waals surface area contributed by atoms with Gasteiger partial charge in [0.1, 0.15) is 11.0 Å². The van der Waals surface area contributed by atoms with Crippen molar-refractivity contribution in [3.63, 3.8) is 0 Å². The third-order valence-corrected chi connectivity index (χ3v) is 8.46. The molecule has 1 saturated carbocycles. The Kier molecular flexibility index (Phi) is 5.85. The second-order valence-corrected chi connectivity index (χ2v) is 10.4. The highest BCUT2D eigenvalue weighted by molar-refractivity contribution is 9.10. The molecule has 1 aromatic heterocycles. The van der Waals surface area contributed by atoms with Crippen molar-refractivity contribution in [2.45, 2.75) is 70.8 Å². The SMILES string of the molecule is CCCCC(CC)CN1c2ccc(-c3ccc(Br)c4nsnc34)cc2C2CCCC21. The number of halogens is 1. The third-order valence-electron chi connectivity index (χ3n) is 7.29. The van der Waals surface area contributed by atoms with Crippen molar-refractivity contribution in [3.05, 3.63) is 40.4 Å². The Balaban J connectivity index is 1.51. The van der Waals surface area contributed by atoms with E-state index in [1.807, 2.05) is 0 Å². The molecule has 158 valence electrons. The maximum atomic E-state index is 4.60. The van der Waals surface area contributed by atoms with Crippen LogP contribution in [0.15, 0.2) is 34.8 Å². The van der Waals surface area contributed by atoms with Crippen LogP contribution in [0.5, 0.6) is 0 Å². The average molecular weight is 485 g/mol. The Hall–Kier alpha value is -1.46. The number of rotatable bonds is 7. The molecule has 2 aliphatic rings. The molecule has 1 aliphatic carbocycles. The summed E-state index contributed by atoms with van der Waals surface area (Å²) in [7, 11) is 0. The number of hydrogen-bond donors (Lipinski definition) is 0. The summed E-state index contributed by atoms with van der Waals surface area (Å²) in [6.45, 7) is 5.90. The normalized spacial score (nSPS) is 21.2. The molecule has 0 N–H and O–H groups in total. The van der Waals surface area contributed by atoms with E-state index in [1.165, 1.54) is 80.0 Å². The predicted octanol–water partition coefficient (Wildman–Crippen LogP) is 7.79. The fraction of sp³-hybridized carbons (Fsp3) is 0.520. The second-order valence-electron chi connectivity index (χ2n) is 9.00. The van der Waals surface area contributed by atoms with Crippen molar-refractivity contribution in [2.24, 2.45) is 5.92 Å². The predicted molar refractivity (Wildman–Crippen MR) is 132 cm³/mol. The van der Waals surface area contributed by atoms with Gasteiger partial charge >= 0.3 is 0 Å². The number of hydrogen-bond acceptors (Lipinski definition) is 4. The molecule has 1 fully saturated rings. The van der Waals surface area contributed by atoms with Gasteiger partial charge in [-0.15, -0.1) is 0 Å². The van der Waals surface area contributed by atoms with E-state index in [-0.39, 0.29) is 0 Å². The summed E-state index contributed by atoms with van der Waals surface area (Å²) < 4.78 is 10.1. The van der Waals surface area contributed by atoms with Crippen LogP contribution in [0.1, 0.15) is 70.3 Å². The molecule has 5 rings (SSSR count). The van der Waals surface area contributed by atoms with Crippen LogP contribution in [0.4, 0.5) is 5.69 Å². The summed E-state index contributed by atoms with van der Waals surface area (Å²) in [5, 5.41) is 0. The number of nitrogens with zero attached hydrogens (tertiary/aromatic N) is 3. The molecule has 0 bridgehead atoms. The van der Waals surface area contributed by atoms with E-state index in [4.69, 9.17) is 0 Å². The van der Waals surface area contributed by atoms with E-state index in [0.717, 1.165) is 21.4 Å². The summed E-state index contributed by atoms with van der Waals surface area (Å²) in [5.74, 6) is 1.51. The fourth-order valence-electron chi connectivity index (χ4n) is 5.63. The van der Waals surface area contributed by atoms with Crippen LogP contribution in [0.25, 0.3) is 22.2 Å². The minimum Gasteiger partial charge on any atom is -0.367 e. The van der Waals surface area contributed by atoms with Gasteiger partial charge in [0.05, 0.1) is 11.7 Å². The minimum absolute atomic E-state index is 0.697. The van der Waals surface area contributed by atoms with Crippen LogP contribution >= 0.6 is 27.7 Å². The van der Waals surface area contributed by atoms with E-state index < -0.39 is 0 Å². The Bertz CT molecular complexity index is 1050. The average Bonchev–Trinajstić information content (AvgIpc) is 3.49. The number of unbranched alkanes of at least 4 members (excludes halogenated alkanes) is 1. The standard InChI is InChI=1S/C25H30BrN3S/c1-3-5-7-16(4-2)15-29-22-9-6-8-19(22)20-14-17(10-13-23(20)29)18-11-12-21(26)25-24(18)27-30-28-25/h10-14,16,19,22H,3-9,15H2,1-2H3. The van der Waals surface area contributed by atoms with Crippen molar-refractivity contribution in [3.8, 4) is 11.1 Å². The molecule has 0 amide bonds. The van der Waals surface area contributed by atoms with E-state index in [1.54, 1.807) is 5.56 Å². The first kappa shape index (κ1) is 20.4. The summed E-state index contributed by atoms with van der Waals surface area (Å²) in [5.41, 5.74) is 7.53. The maximum absolute atomic E-state index is 4.60. The smallest absolute Gasteiger partial charge is 0.119 e. The maximum Gasteiger partial charge on any atom is 0.119 e. The molecule has 3 unspecified atom stereocenters. The number of benzene rings is 2. The first-order valence-corrected chi connectivity index (χ1v) is 13.0. The van der Waals surface area contributed by atoms with Gasteiger partial charge in [-0.25, -0.2) is 0 Å². The second kappa shape index (κ2) is 8.58. The monoisotopic (exact) mass is 483 g/mol. The van der Waals surface area contributed by atoms with Gasteiger partial charge < -0.3 is 4.90 Å².